The summed E-state index contributed by atoms with van der Waals surface area (Å²) in [6, 6.07) is 5.11. The lowest BCUT2D eigenvalue weighted by atomic mass is 10.1. The zero-order chi connectivity index (χ0) is 13.7. The van der Waals surface area contributed by atoms with E-state index in [1.54, 1.807) is 12.1 Å². The molecule has 104 valence electrons. The maximum absolute atomic E-state index is 13.4. The van der Waals surface area contributed by atoms with Gasteiger partial charge in [-0.1, -0.05) is 19.9 Å². The van der Waals surface area contributed by atoms with Gasteiger partial charge in [-0.2, -0.15) is 0 Å². The maximum atomic E-state index is 13.4. The van der Waals surface area contributed by atoms with E-state index in [9.17, 15) is 4.39 Å². The van der Waals surface area contributed by atoms with E-state index in [-0.39, 0.29) is 11.9 Å². The van der Waals surface area contributed by atoms with Crippen molar-refractivity contribution in [3.8, 4) is 5.75 Å². The molecule has 1 atom stereocenters. The van der Waals surface area contributed by atoms with E-state index in [0.29, 0.717) is 12.6 Å². The summed E-state index contributed by atoms with van der Waals surface area (Å²) >= 11 is 0. The van der Waals surface area contributed by atoms with Crippen LogP contribution in [0.3, 0.4) is 0 Å². The minimum absolute atomic E-state index is 0.122. The highest BCUT2D eigenvalue weighted by Crippen LogP contribution is 2.24. The number of halogens is 1. The van der Waals surface area contributed by atoms with E-state index in [0.717, 1.165) is 30.6 Å². The van der Waals surface area contributed by atoms with Gasteiger partial charge in [0.2, 0.25) is 0 Å². The molecule has 0 heterocycles. The van der Waals surface area contributed by atoms with Crippen LogP contribution in [0.4, 0.5) is 4.39 Å². The molecule has 1 aliphatic rings. The van der Waals surface area contributed by atoms with Gasteiger partial charge in [0, 0.05) is 18.2 Å². The molecule has 1 aromatic carbocycles. The van der Waals surface area contributed by atoms with Crippen molar-refractivity contribution in [2.75, 3.05) is 0 Å². The highest BCUT2D eigenvalue weighted by Gasteiger charge is 2.13. The topological polar surface area (TPSA) is 21.3 Å². The van der Waals surface area contributed by atoms with Crippen molar-refractivity contribution in [2.45, 2.75) is 51.8 Å². The molecule has 0 aromatic heterocycles. The Labute approximate surface area is 114 Å². The fraction of sp³-hybridized carbons (Fsp3) is 0.500. The molecule has 0 aliphatic heterocycles. The lowest BCUT2D eigenvalue weighted by molar-refractivity contribution is 0.227. The lowest BCUT2D eigenvalue weighted by Crippen LogP contribution is -2.23. The third kappa shape index (κ3) is 4.35. The highest BCUT2D eigenvalue weighted by atomic mass is 19.1. The van der Waals surface area contributed by atoms with Crippen LogP contribution in [-0.2, 0) is 6.54 Å². The molecule has 1 aliphatic carbocycles. The van der Waals surface area contributed by atoms with Gasteiger partial charge in [-0.15, -0.1) is 0 Å². The van der Waals surface area contributed by atoms with Crippen LogP contribution in [0.15, 0.2) is 30.4 Å². The Bertz CT molecular complexity index is 442. The van der Waals surface area contributed by atoms with E-state index >= 15 is 0 Å². The molecule has 1 aromatic rings. The monoisotopic (exact) mass is 263 g/mol. The number of benzene rings is 1. The second-order valence-electron chi connectivity index (χ2n) is 5.30. The van der Waals surface area contributed by atoms with Crippen LogP contribution in [0.5, 0.6) is 5.75 Å². The molecule has 2 nitrogen and oxygen atoms in total. The van der Waals surface area contributed by atoms with Crippen molar-refractivity contribution in [1.29, 1.82) is 0 Å². The van der Waals surface area contributed by atoms with Gasteiger partial charge in [-0.3, -0.25) is 0 Å². The number of allylic oxidation sites excluding steroid dienone is 1. The van der Waals surface area contributed by atoms with E-state index in [2.05, 4.69) is 31.3 Å². The molecule has 19 heavy (non-hydrogen) atoms. The predicted molar refractivity (Wildman–Crippen MR) is 75.8 cm³/mol. The summed E-state index contributed by atoms with van der Waals surface area (Å²) in [4.78, 5) is 0. The van der Waals surface area contributed by atoms with Crippen LogP contribution in [0.2, 0.25) is 0 Å². The molecule has 0 bridgehead atoms. The second-order valence-corrected chi connectivity index (χ2v) is 5.30. The van der Waals surface area contributed by atoms with Crippen LogP contribution in [-0.4, -0.2) is 12.1 Å². The molecule has 3 heteroatoms. The smallest absolute Gasteiger partial charge is 0.124 e. The first kappa shape index (κ1) is 14.1. The quantitative estimate of drug-likeness (QED) is 0.816. The van der Waals surface area contributed by atoms with E-state index in [1.807, 2.05) is 0 Å². The van der Waals surface area contributed by atoms with Gasteiger partial charge in [0.25, 0.3) is 0 Å². The van der Waals surface area contributed by atoms with Crippen LogP contribution in [0, 0.1) is 5.82 Å². The molecular weight excluding hydrogens is 241 g/mol. The van der Waals surface area contributed by atoms with E-state index < -0.39 is 0 Å². The standard InChI is InChI=1S/C16H22FNO/c1-12(2)18-11-13-10-14(17)8-9-16(13)19-15-6-4-3-5-7-15/h4,6,8-10,12,15,18H,3,5,7,11H2,1-2H3. The molecule has 1 unspecified atom stereocenters. The molecule has 0 spiro atoms. The van der Waals surface area contributed by atoms with E-state index in [4.69, 9.17) is 4.74 Å². The van der Waals surface area contributed by atoms with Crippen LogP contribution < -0.4 is 10.1 Å². The molecule has 0 saturated heterocycles. The van der Waals surface area contributed by atoms with Crippen LogP contribution in [0.25, 0.3) is 0 Å². The summed E-state index contributed by atoms with van der Waals surface area (Å²) < 4.78 is 19.3. The Morgan fingerprint density at radius 1 is 1.42 bits per heavy atom. The fourth-order valence-electron chi connectivity index (χ4n) is 2.16. The molecule has 0 amide bonds. The Balaban J connectivity index is 2.09. The van der Waals surface area contributed by atoms with Crippen molar-refractivity contribution in [2.24, 2.45) is 0 Å². The Hall–Kier alpha value is -1.35. The number of hydrogen-bond acceptors (Lipinski definition) is 2. The average Bonchev–Trinajstić information content (AvgIpc) is 2.40. The largest absolute Gasteiger partial charge is 0.486 e. The highest BCUT2D eigenvalue weighted by molar-refractivity contribution is 5.34. The van der Waals surface area contributed by atoms with Crippen molar-refractivity contribution in [1.82, 2.24) is 5.32 Å². The molecule has 2 rings (SSSR count). The van der Waals surface area contributed by atoms with Crippen molar-refractivity contribution in [3.63, 3.8) is 0 Å². The Morgan fingerprint density at radius 2 is 2.26 bits per heavy atom. The third-order valence-electron chi connectivity index (χ3n) is 3.21. The summed E-state index contributed by atoms with van der Waals surface area (Å²) in [5, 5.41) is 3.30. The van der Waals surface area contributed by atoms with Crippen molar-refractivity contribution in [3.05, 3.63) is 41.7 Å². The van der Waals surface area contributed by atoms with Crippen molar-refractivity contribution < 1.29 is 9.13 Å². The minimum Gasteiger partial charge on any atom is -0.486 e. The molecular formula is C16H22FNO. The third-order valence-corrected chi connectivity index (χ3v) is 3.21. The summed E-state index contributed by atoms with van der Waals surface area (Å²) in [6.07, 6.45) is 7.70. The normalized spacial score (nSPS) is 18.8. The zero-order valence-corrected chi connectivity index (χ0v) is 11.7. The SMILES string of the molecule is CC(C)NCc1cc(F)ccc1OC1C=CCCC1. The van der Waals surface area contributed by atoms with Gasteiger partial charge in [0.05, 0.1) is 0 Å². The van der Waals surface area contributed by atoms with Crippen molar-refractivity contribution >= 4 is 0 Å². The number of ether oxygens (including phenoxy) is 1. The maximum Gasteiger partial charge on any atom is 0.124 e. The second kappa shape index (κ2) is 6.71. The summed E-state index contributed by atoms with van der Waals surface area (Å²) in [6.45, 7) is 4.77. The van der Waals surface area contributed by atoms with Gasteiger partial charge in [0.1, 0.15) is 17.7 Å². The molecule has 0 radical (unpaired) electrons. The zero-order valence-electron chi connectivity index (χ0n) is 11.7. The first-order valence-corrected chi connectivity index (χ1v) is 7.00. The molecule has 0 fully saturated rings. The van der Waals surface area contributed by atoms with Crippen LogP contribution in [0.1, 0.15) is 38.7 Å². The van der Waals surface area contributed by atoms with Gasteiger partial charge < -0.3 is 10.1 Å². The Kier molecular flexibility index (Phi) is 4.97. The summed E-state index contributed by atoms with van der Waals surface area (Å²) in [7, 11) is 0. The predicted octanol–water partition coefficient (Wildman–Crippen LogP) is 3.81. The van der Waals surface area contributed by atoms with E-state index in [1.165, 1.54) is 6.07 Å². The molecule has 1 N–H and O–H groups in total. The summed E-state index contributed by atoms with van der Waals surface area (Å²) in [5.41, 5.74) is 0.882. The van der Waals surface area contributed by atoms with Gasteiger partial charge in [0.15, 0.2) is 0 Å². The van der Waals surface area contributed by atoms with Crippen LogP contribution >= 0.6 is 0 Å². The Morgan fingerprint density at radius 3 is 2.95 bits per heavy atom. The van der Waals surface area contributed by atoms with Gasteiger partial charge in [-0.25, -0.2) is 4.39 Å². The number of nitrogens with one attached hydrogen (secondary N) is 1. The fourth-order valence-corrected chi connectivity index (χ4v) is 2.16. The number of rotatable bonds is 5. The first-order valence-electron chi connectivity index (χ1n) is 7.00. The molecule has 0 saturated carbocycles. The lowest BCUT2D eigenvalue weighted by Gasteiger charge is -2.21. The first-order chi connectivity index (χ1) is 9.15. The minimum atomic E-state index is -0.216. The van der Waals surface area contributed by atoms with Gasteiger partial charge in [-0.05, 0) is 43.5 Å². The number of hydrogen-bond donors (Lipinski definition) is 1. The average molecular weight is 263 g/mol. The summed E-state index contributed by atoms with van der Waals surface area (Å²) in [5.74, 6) is 0.568. The van der Waals surface area contributed by atoms with Gasteiger partial charge >= 0.3 is 0 Å².